The molecular formula is C12H12O2. The molecule has 0 atom stereocenters. The van der Waals surface area contributed by atoms with Crippen LogP contribution in [0.3, 0.4) is 0 Å². The van der Waals surface area contributed by atoms with Crippen LogP contribution in [0.5, 0.6) is 0 Å². The molecule has 72 valence electrons. The Balaban J connectivity index is 2.20. The van der Waals surface area contributed by atoms with Crippen LogP contribution in [-0.4, -0.2) is 11.1 Å². The van der Waals surface area contributed by atoms with Gasteiger partial charge in [-0.15, -0.1) is 0 Å². The molecule has 14 heavy (non-hydrogen) atoms. The van der Waals surface area contributed by atoms with Gasteiger partial charge >= 0.3 is 5.97 Å². The first-order chi connectivity index (χ1) is 6.68. The van der Waals surface area contributed by atoms with E-state index in [0.29, 0.717) is 11.5 Å². The first-order valence-electron chi connectivity index (χ1n) is 4.71. The maximum absolute atomic E-state index is 10.6. The summed E-state index contributed by atoms with van der Waals surface area (Å²) in [6.45, 7) is 3.52. The highest BCUT2D eigenvalue weighted by Gasteiger charge is 2.23. The van der Waals surface area contributed by atoms with E-state index in [9.17, 15) is 4.79 Å². The zero-order valence-corrected chi connectivity index (χ0v) is 7.86. The second-order valence-corrected chi connectivity index (χ2v) is 3.68. The van der Waals surface area contributed by atoms with Crippen molar-refractivity contribution in [2.75, 3.05) is 0 Å². The highest BCUT2D eigenvalue weighted by atomic mass is 16.4. The van der Waals surface area contributed by atoms with Gasteiger partial charge in [-0.2, -0.15) is 0 Å². The monoisotopic (exact) mass is 188 g/mol. The molecule has 0 amide bonds. The van der Waals surface area contributed by atoms with Crippen molar-refractivity contribution in [2.24, 2.45) is 0 Å². The van der Waals surface area contributed by atoms with Crippen LogP contribution in [0.4, 0.5) is 0 Å². The highest BCUT2D eigenvalue weighted by molar-refractivity contribution is 6.14. The standard InChI is InChI=1S/C12H12O2/c1-8(12(13)14)9-2-4-10(5-3-9)11-6-7-11/h2-5,11H,1,6-7H2,(H,13,14). The van der Waals surface area contributed by atoms with E-state index in [4.69, 9.17) is 5.11 Å². The molecule has 0 radical (unpaired) electrons. The fourth-order valence-corrected chi connectivity index (χ4v) is 1.50. The Labute approximate surface area is 82.9 Å². The normalized spacial score (nSPS) is 15.1. The summed E-state index contributed by atoms with van der Waals surface area (Å²) in [5.41, 5.74) is 2.17. The second kappa shape index (κ2) is 3.29. The zero-order chi connectivity index (χ0) is 10.1. The molecule has 0 bridgehead atoms. The summed E-state index contributed by atoms with van der Waals surface area (Å²) in [4.78, 5) is 10.6. The number of carboxylic acids is 1. The van der Waals surface area contributed by atoms with Gasteiger partial charge in [-0.1, -0.05) is 30.8 Å². The molecule has 1 aliphatic carbocycles. The van der Waals surface area contributed by atoms with Gasteiger partial charge in [0.25, 0.3) is 0 Å². The third-order valence-electron chi connectivity index (χ3n) is 2.57. The van der Waals surface area contributed by atoms with Crippen molar-refractivity contribution >= 4 is 11.5 Å². The number of hydrogen-bond acceptors (Lipinski definition) is 1. The lowest BCUT2D eigenvalue weighted by Gasteiger charge is -2.02. The summed E-state index contributed by atoms with van der Waals surface area (Å²) >= 11 is 0. The van der Waals surface area contributed by atoms with Crippen LogP contribution in [-0.2, 0) is 4.79 Å². The summed E-state index contributed by atoms with van der Waals surface area (Å²) in [5, 5.41) is 8.73. The lowest BCUT2D eigenvalue weighted by molar-refractivity contribution is -0.130. The molecule has 0 aliphatic heterocycles. The predicted octanol–water partition coefficient (Wildman–Crippen LogP) is 2.66. The Morgan fingerprint density at radius 1 is 1.29 bits per heavy atom. The third-order valence-corrected chi connectivity index (χ3v) is 2.57. The second-order valence-electron chi connectivity index (χ2n) is 3.68. The topological polar surface area (TPSA) is 37.3 Å². The molecule has 1 aromatic carbocycles. The quantitative estimate of drug-likeness (QED) is 0.740. The van der Waals surface area contributed by atoms with Crippen molar-refractivity contribution in [3.8, 4) is 0 Å². The third kappa shape index (κ3) is 1.69. The Hall–Kier alpha value is -1.57. The van der Waals surface area contributed by atoms with Crippen LogP contribution in [0.1, 0.15) is 29.9 Å². The Morgan fingerprint density at radius 3 is 2.29 bits per heavy atom. The van der Waals surface area contributed by atoms with Crippen molar-refractivity contribution < 1.29 is 9.90 Å². The largest absolute Gasteiger partial charge is 0.478 e. The number of carbonyl (C=O) groups is 1. The van der Waals surface area contributed by atoms with Crippen LogP contribution in [0.2, 0.25) is 0 Å². The lowest BCUT2D eigenvalue weighted by Crippen LogP contribution is -1.97. The summed E-state index contributed by atoms with van der Waals surface area (Å²) in [6, 6.07) is 7.68. The van der Waals surface area contributed by atoms with Gasteiger partial charge in [-0.3, -0.25) is 0 Å². The van der Waals surface area contributed by atoms with Crippen molar-refractivity contribution in [1.82, 2.24) is 0 Å². The number of aliphatic carboxylic acids is 1. The van der Waals surface area contributed by atoms with Crippen LogP contribution in [0.25, 0.3) is 5.57 Å². The summed E-state index contributed by atoms with van der Waals surface area (Å²) < 4.78 is 0. The average molecular weight is 188 g/mol. The van der Waals surface area contributed by atoms with Gasteiger partial charge in [-0.05, 0) is 29.9 Å². The number of carboxylic acid groups (broad SMARTS) is 1. The summed E-state index contributed by atoms with van der Waals surface area (Å²) in [5.74, 6) is -0.244. The molecular weight excluding hydrogens is 176 g/mol. The molecule has 0 aromatic heterocycles. The van der Waals surface area contributed by atoms with Crippen LogP contribution in [0, 0.1) is 0 Å². The number of benzene rings is 1. The van der Waals surface area contributed by atoms with Gasteiger partial charge in [0.15, 0.2) is 0 Å². The molecule has 0 saturated heterocycles. The number of hydrogen-bond donors (Lipinski definition) is 1. The zero-order valence-electron chi connectivity index (χ0n) is 7.86. The maximum Gasteiger partial charge on any atom is 0.335 e. The van der Waals surface area contributed by atoms with Crippen molar-refractivity contribution in [1.29, 1.82) is 0 Å². The Bertz CT molecular complexity index is 372. The van der Waals surface area contributed by atoms with E-state index in [1.54, 1.807) is 0 Å². The molecule has 0 heterocycles. The van der Waals surface area contributed by atoms with Gasteiger partial charge in [0, 0.05) is 0 Å². The van der Waals surface area contributed by atoms with Crippen molar-refractivity contribution in [3.05, 3.63) is 42.0 Å². The first kappa shape index (κ1) is 9.00. The van der Waals surface area contributed by atoms with E-state index in [2.05, 4.69) is 6.58 Å². The fourth-order valence-electron chi connectivity index (χ4n) is 1.50. The van der Waals surface area contributed by atoms with Crippen LogP contribution < -0.4 is 0 Å². The van der Waals surface area contributed by atoms with Crippen molar-refractivity contribution in [3.63, 3.8) is 0 Å². The molecule has 0 unspecified atom stereocenters. The van der Waals surface area contributed by atoms with E-state index in [1.165, 1.54) is 18.4 Å². The lowest BCUT2D eigenvalue weighted by atomic mass is 10.0. The van der Waals surface area contributed by atoms with E-state index in [-0.39, 0.29) is 5.57 Å². The van der Waals surface area contributed by atoms with E-state index >= 15 is 0 Å². The Kier molecular flexibility index (Phi) is 2.12. The first-order valence-corrected chi connectivity index (χ1v) is 4.71. The SMILES string of the molecule is C=C(C(=O)O)c1ccc(C2CC2)cc1. The van der Waals surface area contributed by atoms with Gasteiger partial charge < -0.3 is 5.11 Å². The van der Waals surface area contributed by atoms with Gasteiger partial charge in [-0.25, -0.2) is 4.79 Å². The number of rotatable bonds is 3. The summed E-state index contributed by atoms with van der Waals surface area (Å²) in [7, 11) is 0. The van der Waals surface area contributed by atoms with Crippen LogP contribution >= 0.6 is 0 Å². The molecule has 2 nitrogen and oxygen atoms in total. The van der Waals surface area contributed by atoms with E-state index in [1.807, 2.05) is 24.3 Å². The molecule has 2 rings (SSSR count). The minimum atomic E-state index is -0.954. The smallest absolute Gasteiger partial charge is 0.335 e. The van der Waals surface area contributed by atoms with E-state index in [0.717, 1.165) is 0 Å². The fraction of sp³-hybridized carbons (Fsp3) is 0.250. The van der Waals surface area contributed by atoms with E-state index < -0.39 is 5.97 Å². The van der Waals surface area contributed by atoms with Crippen LogP contribution in [0.15, 0.2) is 30.8 Å². The summed E-state index contributed by atoms with van der Waals surface area (Å²) in [6.07, 6.45) is 2.53. The predicted molar refractivity (Wildman–Crippen MR) is 55.1 cm³/mol. The van der Waals surface area contributed by atoms with Gasteiger partial charge in [0.2, 0.25) is 0 Å². The molecule has 0 spiro atoms. The van der Waals surface area contributed by atoms with Gasteiger partial charge in [0.05, 0.1) is 5.57 Å². The van der Waals surface area contributed by atoms with Gasteiger partial charge in [0.1, 0.15) is 0 Å². The minimum absolute atomic E-state index is 0.160. The maximum atomic E-state index is 10.6. The Morgan fingerprint density at radius 2 is 1.86 bits per heavy atom. The molecule has 2 heteroatoms. The molecule has 1 saturated carbocycles. The molecule has 1 aliphatic rings. The molecule has 1 N–H and O–H groups in total. The molecule has 1 fully saturated rings. The average Bonchev–Trinajstić information content (AvgIpc) is 3.00. The minimum Gasteiger partial charge on any atom is -0.478 e. The van der Waals surface area contributed by atoms with Crippen molar-refractivity contribution in [2.45, 2.75) is 18.8 Å². The molecule has 1 aromatic rings. The highest BCUT2D eigenvalue weighted by Crippen LogP contribution is 2.40.